The van der Waals surface area contributed by atoms with E-state index in [0.717, 1.165) is 6.08 Å². The number of amides is 3. The first-order valence-corrected chi connectivity index (χ1v) is 6.10. The van der Waals surface area contributed by atoms with E-state index in [9.17, 15) is 18.8 Å². The van der Waals surface area contributed by atoms with Gasteiger partial charge in [-0.15, -0.1) is 0 Å². The Morgan fingerprint density at radius 1 is 1.29 bits per heavy atom. The van der Waals surface area contributed by atoms with Crippen LogP contribution < -0.4 is 10.6 Å². The Bertz CT molecular complexity index is 572. The third kappa shape index (κ3) is 5.43. The molecule has 1 aromatic rings. The SMILES string of the molecule is CNC(=O)NC(=O)[C@H](C)OC(=O)/C=C/c1ccccc1F. The van der Waals surface area contributed by atoms with Crippen LogP contribution in [0.15, 0.2) is 30.3 Å². The molecule has 1 atom stereocenters. The molecule has 21 heavy (non-hydrogen) atoms. The van der Waals surface area contributed by atoms with E-state index in [4.69, 9.17) is 4.74 Å². The minimum absolute atomic E-state index is 0.219. The average Bonchev–Trinajstić information content (AvgIpc) is 2.46. The van der Waals surface area contributed by atoms with Gasteiger partial charge in [-0.05, 0) is 19.1 Å². The number of esters is 1. The number of hydrogen-bond donors (Lipinski definition) is 2. The van der Waals surface area contributed by atoms with Crippen LogP contribution in [0.4, 0.5) is 9.18 Å². The summed E-state index contributed by atoms with van der Waals surface area (Å²) in [6.45, 7) is 1.31. The lowest BCUT2D eigenvalue weighted by molar-refractivity contribution is -0.149. The summed E-state index contributed by atoms with van der Waals surface area (Å²) < 4.78 is 18.1. The zero-order valence-electron chi connectivity index (χ0n) is 11.6. The molecule has 112 valence electrons. The van der Waals surface area contributed by atoms with Gasteiger partial charge >= 0.3 is 12.0 Å². The number of benzene rings is 1. The van der Waals surface area contributed by atoms with Gasteiger partial charge in [0.2, 0.25) is 0 Å². The summed E-state index contributed by atoms with van der Waals surface area (Å²) >= 11 is 0. The molecule has 0 bridgehead atoms. The van der Waals surface area contributed by atoms with E-state index in [1.165, 1.54) is 38.2 Å². The quantitative estimate of drug-likeness (QED) is 0.646. The number of urea groups is 1. The van der Waals surface area contributed by atoms with Crippen molar-refractivity contribution in [2.24, 2.45) is 0 Å². The van der Waals surface area contributed by atoms with Crippen molar-refractivity contribution in [3.8, 4) is 0 Å². The summed E-state index contributed by atoms with van der Waals surface area (Å²) in [6.07, 6.45) is 1.09. The fourth-order valence-corrected chi connectivity index (χ4v) is 1.31. The van der Waals surface area contributed by atoms with Crippen LogP contribution >= 0.6 is 0 Å². The zero-order chi connectivity index (χ0) is 15.8. The molecule has 3 amide bonds. The smallest absolute Gasteiger partial charge is 0.331 e. The van der Waals surface area contributed by atoms with Crippen LogP contribution in [0, 0.1) is 5.82 Å². The topological polar surface area (TPSA) is 84.5 Å². The van der Waals surface area contributed by atoms with Crippen molar-refractivity contribution in [1.29, 1.82) is 0 Å². The molecule has 6 nitrogen and oxygen atoms in total. The molecule has 0 aliphatic rings. The van der Waals surface area contributed by atoms with E-state index in [0.29, 0.717) is 0 Å². The van der Waals surface area contributed by atoms with E-state index >= 15 is 0 Å². The van der Waals surface area contributed by atoms with Crippen molar-refractivity contribution in [2.45, 2.75) is 13.0 Å². The molecule has 0 heterocycles. The van der Waals surface area contributed by atoms with Crippen LogP contribution in [-0.2, 0) is 14.3 Å². The summed E-state index contributed by atoms with van der Waals surface area (Å²) in [5.74, 6) is -2.06. The Morgan fingerprint density at radius 2 is 1.95 bits per heavy atom. The van der Waals surface area contributed by atoms with E-state index in [2.05, 4.69) is 5.32 Å². The van der Waals surface area contributed by atoms with Crippen LogP contribution in [-0.4, -0.2) is 31.1 Å². The summed E-state index contributed by atoms with van der Waals surface area (Å²) in [5.41, 5.74) is 0.219. The second kappa shape index (κ2) is 7.78. The van der Waals surface area contributed by atoms with E-state index in [1.807, 2.05) is 5.32 Å². The largest absolute Gasteiger partial charge is 0.449 e. The third-order valence-electron chi connectivity index (χ3n) is 2.43. The molecule has 2 N–H and O–H groups in total. The number of nitrogens with one attached hydrogen (secondary N) is 2. The van der Waals surface area contributed by atoms with Crippen LogP contribution in [0.1, 0.15) is 12.5 Å². The summed E-state index contributed by atoms with van der Waals surface area (Å²) in [7, 11) is 1.34. The number of carbonyl (C=O) groups is 3. The fourth-order valence-electron chi connectivity index (χ4n) is 1.31. The monoisotopic (exact) mass is 294 g/mol. The molecule has 0 aromatic heterocycles. The van der Waals surface area contributed by atoms with Crippen molar-refractivity contribution in [3.05, 3.63) is 41.7 Å². The molecule has 0 unspecified atom stereocenters. The lowest BCUT2D eigenvalue weighted by atomic mass is 10.2. The minimum Gasteiger partial charge on any atom is -0.449 e. The van der Waals surface area contributed by atoms with Gasteiger partial charge in [-0.3, -0.25) is 10.1 Å². The highest BCUT2D eigenvalue weighted by Gasteiger charge is 2.18. The van der Waals surface area contributed by atoms with Gasteiger partial charge in [0.25, 0.3) is 5.91 Å². The highest BCUT2D eigenvalue weighted by atomic mass is 19.1. The highest BCUT2D eigenvalue weighted by molar-refractivity contribution is 5.97. The molecular formula is C14H15FN2O4. The maximum atomic E-state index is 13.3. The van der Waals surface area contributed by atoms with Crippen molar-refractivity contribution >= 4 is 24.0 Å². The second-order valence-electron chi connectivity index (χ2n) is 4.00. The molecule has 1 aromatic carbocycles. The molecule has 0 aliphatic carbocycles. The Balaban J connectivity index is 2.55. The third-order valence-corrected chi connectivity index (χ3v) is 2.43. The van der Waals surface area contributed by atoms with Gasteiger partial charge in [0, 0.05) is 18.7 Å². The molecule has 0 radical (unpaired) electrons. The van der Waals surface area contributed by atoms with Crippen molar-refractivity contribution in [3.63, 3.8) is 0 Å². The Labute approximate surface area is 121 Å². The maximum absolute atomic E-state index is 13.3. The maximum Gasteiger partial charge on any atom is 0.331 e. The Kier molecular flexibility index (Phi) is 6.06. The van der Waals surface area contributed by atoms with Crippen molar-refractivity contribution < 1.29 is 23.5 Å². The summed E-state index contributed by atoms with van der Waals surface area (Å²) in [4.78, 5) is 33.9. The van der Waals surface area contributed by atoms with Gasteiger partial charge in [0.1, 0.15) is 5.82 Å². The van der Waals surface area contributed by atoms with Gasteiger partial charge in [-0.25, -0.2) is 14.0 Å². The number of carbonyl (C=O) groups excluding carboxylic acids is 3. The molecular weight excluding hydrogens is 279 g/mol. The minimum atomic E-state index is -1.15. The summed E-state index contributed by atoms with van der Waals surface area (Å²) in [5, 5.41) is 4.16. The number of ether oxygens (including phenoxy) is 1. The predicted octanol–water partition coefficient (Wildman–Crippen LogP) is 1.23. The van der Waals surface area contributed by atoms with E-state index in [-0.39, 0.29) is 5.56 Å². The fraction of sp³-hybridized carbons (Fsp3) is 0.214. The van der Waals surface area contributed by atoms with Gasteiger partial charge in [0.05, 0.1) is 0 Å². The Hall–Kier alpha value is -2.70. The molecule has 0 spiro atoms. The Morgan fingerprint density at radius 3 is 2.57 bits per heavy atom. The van der Waals surface area contributed by atoms with Gasteiger partial charge < -0.3 is 10.1 Å². The number of rotatable bonds is 4. The first-order valence-electron chi connectivity index (χ1n) is 6.10. The average molecular weight is 294 g/mol. The standard InChI is InChI=1S/C14H15FN2O4/c1-9(13(19)17-14(20)16-2)21-12(18)8-7-10-5-3-4-6-11(10)15/h3-9H,1-2H3,(H2,16,17,19,20)/b8-7+/t9-/m0/s1. The molecule has 0 fully saturated rings. The molecule has 0 aliphatic heterocycles. The highest BCUT2D eigenvalue weighted by Crippen LogP contribution is 2.08. The molecule has 7 heteroatoms. The second-order valence-corrected chi connectivity index (χ2v) is 4.00. The lowest BCUT2D eigenvalue weighted by Crippen LogP contribution is -2.43. The van der Waals surface area contributed by atoms with Gasteiger partial charge in [0.15, 0.2) is 6.10 Å². The molecule has 0 saturated carbocycles. The van der Waals surface area contributed by atoms with Gasteiger partial charge in [-0.1, -0.05) is 18.2 Å². The summed E-state index contributed by atoms with van der Waals surface area (Å²) in [6, 6.07) is 5.18. The first-order chi connectivity index (χ1) is 9.93. The van der Waals surface area contributed by atoms with E-state index < -0.39 is 29.8 Å². The van der Waals surface area contributed by atoms with Gasteiger partial charge in [-0.2, -0.15) is 0 Å². The van der Waals surface area contributed by atoms with Crippen LogP contribution in [0.5, 0.6) is 0 Å². The van der Waals surface area contributed by atoms with Crippen LogP contribution in [0.25, 0.3) is 6.08 Å². The number of imide groups is 1. The number of halogens is 1. The first kappa shape index (κ1) is 16.4. The molecule has 0 saturated heterocycles. The van der Waals surface area contributed by atoms with Crippen LogP contribution in [0.3, 0.4) is 0 Å². The normalized spacial score (nSPS) is 11.8. The van der Waals surface area contributed by atoms with Crippen LogP contribution in [0.2, 0.25) is 0 Å². The zero-order valence-corrected chi connectivity index (χ0v) is 11.6. The molecule has 1 rings (SSSR count). The van der Waals surface area contributed by atoms with Crippen molar-refractivity contribution in [2.75, 3.05) is 7.05 Å². The lowest BCUT2D eigenvalue weighted by Gasteiger charge is -2.11. The van der Waals surface area contributed by atoms with Crippen molar-refractivity contribution in [1.82, 2.24) is 10.6 Å². The predicted molar refractivity (Wildman–Crippen MR) is 73.6 cm³/mol. The number of hydrogen-bond acceptors (Lipinski definition) is 4. The van der Waals surface area contributed by atoms with E-state index in [1.54, 1.807) is 6.07 Å².